The van der Waals surface area contributed by atoms with Crippen LogP contribution in [0.2, 0.25) is 0 Å². The van der Waals surface area contributed by atoms with Crippen molar-refractivity contribution >= 4 is 16.7 Å². The van der Waals surface area contributed by atoms with Crippen LogP contribution in [0.25, 0.3) is 11.0 Å². The van der Waals surface area contributed by atoms with Gasteiger partial charge < -0.3 is 4.42 Å². The monoisotopic (exact) mass is 243 g/mol. The molecule has 1 aromatic heterocycles. The lowest BCUT2D eigenvalue weighted by molar-refractivity contribution is 0.581. The smallest absolute Gasteiger partial charge is 0.133 e. The van der Waals surface area contributed by atoms with Crippen molar-refractivity contribution in [3.05, 3.63) is 36.1 Å². The molecule has 0 spiro atoms. The van der Waals surface area contributed by atoms with Crippen LogP contribution in [-0.2, 0) is 0 Å². The molecule has 0 bridgehead atoms. The second-order valence-corrected chi connectivity index (χ2v) is 5.65. The van der Waals surface area contributed by atoms with Crippen LogP contribution in [-0.4, -0.2) is 11.3 Å². The standard InChI is InChI=1S/C16H21NO/c1-5-6-14(17-16(2,3)4)12-7-8-15-13(11-12)9-10-18-15/h7-11H,5-6H2,1-4H3. The van der Waals surface area contributed by atoms with Crippen molar-refractivity contribution in [1.29, 1.82) is 0 Å². The van der Waals surface area contributed by atoms with E-state index in [9.17, 15) is 0 Å². The number of rotatable bonds is 3. The summed E-state index contributed by atoms with van der Waals surface area (Å²) in [7, 11) is 0. The van der Waals surface area contributed by atoms with Crippen LogP contribution in [0.4, 0.5) is 0 Å². The maximum atomic E-state index is 5.37. The lowest BCUT2D eigenvalue weighted by atomic mass is 10.0. The van der Waals surface area contributed by atoms with Gasteiger partial charge in [0.25, 0.3) is 0 Å². The van der Waals surface area contributed by atoms with E-state index in [-0.39, 0.29) is 5.54 Å². The maximum absolute atomic E-state index is 5.37. The normalized spacial score (nSPS) is 13.2. The zero-order valence-corrected chi connectivity index (χ0v) is 11.7. The van der Waals surface area contributed by atoms with Gasteiger partial charge in [-0.2, -0.15) is 0 Å². The molecule has 0 saturated heterocycles. The number of nitrogens with zero attached hydrogens (tertiary/aromatic N) is 1. The Morgan fingerprint density at radius 1 is 1.22 bits per heavy atom. The summed E-state index contributed by atoms with van der Waals surface area (Å²) >= 11 is 0. The minimum Gasteiger partial charge on any atom is -0.464 e. The Labute approximate surface area is 109 Å². The largest absolute Gasteiger partial charge is 0.464 e. The van der Waals surface area contributed by atoms with Crippen LogP contribution in [0.5, 0.6) is 0 Å². The molecule has 0 aliphatic heterocycles. The minimum absolute atomic E-state index is 0.0319. The molecule has 0 saturated carbocycles. The Morgan fingerprint density at radius 2 is 2.00 bits per heavy atom. The van der Waals surface area contributed by atoms with Crippen molar-refractivity contribution in [1.82, 2.24) is 0 Å². The Bertz CT molecular complexity index is 558. The highest BCUT2D eigenvalue weighted by atomic mass is 16.3. The Balaban J connectivity index is 2.44. The first-order chi connectivity index (χ1) is 8.49. The molecule has 0 aliphatic carbocycles. The highest BCUT2D eigenvalue weighted by Gasteiger charge is 2.11. The molecule has 1 heterocycles. The summed E-state index contributed by atoms with van der Waals surface area (Å²) in [6.07, 6.45) is 3.85. The van der Waals surface area contributed by atoms with Crippen molar-refractivity contribution in [2.45, 2.75) is 46.1 Å². The zero-order chi connectivity index (χ0) is 13.2. The minimum atomic E-state index is -0.0319. The van der Waals surface area contributed by atoms with E-state index in [1.54, 1.807) is 6.26 Å². The van der Waals surface area contributed by atoms with Gasteiger partial charge in [-0.3, -0.25) is 4.99 Å². The van der Waals surface area contributed by atoms with Crippen LogP contribution in [0, 0.1) is 0 Å². The van der Waals surface area contributed by atoms with E-state index in [0.717, 1.165) is 23.8 Å². The predicted molar refractivity (Wildman–Crippen MR) is 77.4 cm³/mol. The first kappa shape index (κ1) is 12.9. The first-order valence-electron chi connectivity index (χ1n) is 6.56. The van der Waals surface area contributed by atoms with Crippen LogP contribution in [0.15, 0.2) is 39.9 Å². The van der Waals surface area contributed by atoms with Crippen LogP contribution in [0.3, 0.4) is 0 Å². The first-order valence-corrected chi connectivity index (χ1v) is 6.56. The van der Waals surface area contributed by atoms with Gasteiger partial charge in [0, 0.05) is 11.1 Å². The second-order valence-electron chi connectivity index (χ2n) is 5.65. The van der Waals surface area contributed by atoms with E-state index in [4.69, 9.17) is 9.41 Å². The third kappa shape index (κ3) is 3.00. The maximum Gasteiger partial charge on any atom is 0.133 e. The zero-order valence-electron chi connectivity index (χ0n) is 11.7. The third-order valence-electron chi connectivity index (χ3n) is 2.74. The Kier molecular flexibility index (Phi) is 3.55. The van der Waals surface area contributed by atoms with E-state index in [2.05, 4.69) is 39.8 Å². The highest BCUT2D eigenvalue weighted by molar-refractivity contribution is 6.03. The molecule has 0 amide bonds. The molecular formula is C16H21NO. The lowest BCUT2D eigenvalue weighted by Crippen LogP contribution is -2.15. The number of aliphatic imine (C=N–C) groups is 1. The molecule has 1 aromatic carbocycles. The molecule has 0 N–H and O–H groups in total. The Morgan fingerprint density at radius 3 is 2.67 bits per heavy atom. The SMILES string of the molecule is CCCC(=NC(C)(C)C)c1ccc2occc2c1. The third-order valence-corrected chi connectivity index (χ3v) is 2.74. The fourth-order valence-corrected chi connectivity index (χ4v) is 2.05. The molecule has 0 aliphatic rings. The van der Waals surface area contributed by atoms with Gasteiger partial charge in [0.15, 0.2) is 0 Å². The summed E-state index contributed by atoms with van der Waals surface area (Å²) in [5.41, 5.74) is 3.30. The van der Waals surface area contributed by atoms with Gasteiger partial charge in [-0.15, -0.1) is 0 Å². The van der Waals surface area contributed by atoms with Crippen molar-refractivity contribution in [3.8, 4) is 0 Å². The summed E-state index contributed by atoms with van der Waals surface area (Å²) < 4.78 is 5.37. The van der Waals surface area contributed by atoms with Gasteiger partial charge in [0.05, 0.1) is 11.8 Å². The van der Waals surface area contributed by atoms with E-state index in [1.807, 2.05) is 12.1 Å². The average Bonchev–Trinajstić information content (AvgIpc) is 2.73. The number of fused-ring (bicyclic) bond motifs is 1. The van der Waals surface area contributed by atoms with Gasteiger partial charge in [-0.05, 0) is 57.0 Å². The second kappa shape index (κ2) is 4.97. The predicted octanol–water partition coefficient (Wildman–Crippen LogP) is 4.82. The Hall–Kier alpha value is -1.57. The van der Waals surface area contributed by atoms with Gasteiger partial charge in [0.2, 0.25) is 0 Å². The summed E-state index contributed by atoms with van der Waals surface area (Å²) in [6.45, 7) is 8.60. The fourth-order valence-electron chi connectivity index (χ4n) is 2.05. The van der Waals surface area contributed by atoms with Crippen LogP contribution in [0.1, 0.15) is 46.1 Å². The number of furan rings is 1. The molecule has 18 heavy (non-hydrogen) atoms. The molecular weight excluding hydrogens is 222 g/mol. The molecule has 0 fully saturated rings. The van der Waals surface area contributed by atoms with Crippen molar-refractivity contribution in [2.24, 2.45) is 4.99 Å². The summed E-state index contributed by atoms with van der Waals surface area (Å²) in [5, 5.41) is 1.14. The van der Waals surface area contributed by atoms with Gasteiger partial charge in [-0.1, -0.05) is 13.3 Å². The molecule has 2 aromatic rings. The summed E-state index contributed by atoms with van der Waals surface area (Å²) in [5.74, 6) is 0. The van der Waals surface area contributed by atoms with E-state index in [0.29, 0.717) is 0 Å². The molecule has 2 rings (SSSR count). The lowest BCUT2D eigenvalue weighted by Gasteiger charge is -2.16. The van der Waals surface area contributed by atoms with Crippen LogP contribution >= 0.6 is 0 Å². The molecule has 0 unspecified atom stereocenters. The van der Waals surface area contributed by atoms with Gasteiger partial charge in [0.1, 0.15) is 5.58 Å². The number of hydrogen-bond acceptors (Lipinski definition) is 2. The summed E-state index contributed by atoms with van der Waals surface area (Å²) in [6, 6.07) is 8.29. The van der Waals surface area contributed by atoms with Crippen LogP contribution < -0.4 is 0 Å². The molecule has 0 atom stereocenters. The van der Waals surface area contributed by atoms with E-state index < -0.39 is 0 Å². The highest BCUT2D eigenvalue weighted by Crippen LogP contribution is 2.20. The van der Waals surface area contributed by atoms with Crippen molar-refractivity contribution in [3.63, 3.8) is 0 Å². The van der Waals surface area contributed by atoms with Gasteiger partial charge in [-0.25, -0.2) is 0 Å². The fraction of sp³-hybridized carbons (Fsp3) is 0.438. The molecule has 96 valence electrons. The number of benzene rings is 1. The summed E-state index contributed by atoms with van der Waals surface area (Å²) in [4.78, 5) is 4.85. The number of hydrogen-bond donors (Lipinski definition) is 0. The van der Waals surface area contributed by atoms with E-state index >= 15 is 0 Å². The van der Waals surface area contributed by atoms with E-state index in [1.165, 1.54) is 11.3 Å². The molecule has 2 heteroatoms. The van der Waals surface area contributed by atoms with Crippen molar-refractivity contribution < 1.29 is 4.42 Å². The van der Waals surface area contributed by atoms with Crippen molar-refractivity contribution in [2.75, 3.05) is 0 Å². The average molecular weight is 243 g/mol. The molecule has 2 nitrogen and oxygen atoms in total. The molecule has 0 radical (unpaired) electrons. The van der Waals surface area contributed by atoms with Gasteiger partial charge >= 0.3 is 0 Å². The topological polar surface area (TPSA) is 25.5 Å². The quantitative estimate of drug-likeness (QED) is 0.709.